The summed E-state index contributed by atoms with van der Waals surface area (Å²) < 4.78 is 103. The Bertz CT molecular complexity index is 504. The van der Waals surface area contributed by atoms with Crippen molar-refractivity contribution >= 4 is 0 Å². The molecule has 0 amide bonds. The average molecular weight is 262 g/mol. The topological polar surface area (TPSA) is 0 Å². The maximum absolute atomic E-state index is 13.0. The molecule has 0 nitrogen and oxygen atoms in total. The first-order valence-electron chi connectivity index (χ1n) is 4.22. The number of halogens is 8. The van der Waals surface area contributed by atoms with Gasteiger partial charge in [-0.25, -0.2) is 17.6 Å². The molecule has 0 unspecified atom stereocenters. The highest BCUT2D eigenvalue weighted by Crippen LogP contribution is 2.53. The van der Waals surface area contributed by atoms with E-state index in [1.54, 1.807) is 0 Å². The monoisotopic (exact) mass is 262 g/mol. The van der Waals surface area contributed by atoms with Crippen LogP contribution in [0.1, 0.15) is 11.1 Å². The van der Waals surface area contributed by atoms with Gasteiger partial charge in [-0.3, -0.25) is 0 Å². The molecule has 8 heteroatoms. The molecule has 0 fully saturated rings. The summed E-state index contributed by atoms with van der Waals surface area (Å²) in [6.45, 7) is 0. The molecule has 94 valence electrons. The van der Waals surface area contributed by atoms with E-state index in [1.165, 1.54) is 0 Å². The Morgan fingerprint density at radius 3 is 1.71 bits per heavy atom. The van der Waals surface area contributed by atoms with E-state index in [2.05, 4.69) is 0 Å². The van der Waals surface area contributed by atoms with E-state index in [9.17, 15) is 35.1 Å². The summed E-state index contributed by atoms with van der Waals surface area (Å²) in [6.07, 6.45) is -1.88. The fourth-order valence-corrected chi connectivity index (χ4v) is 1.69. The standard InChI is InChI=1S/C9H2F8/c10-4-2-1-8(14,15)9(16,17)3(2)5(11)7(13)6(4)12/h1H2. The number of benzene rings is 1. The van der Waals surface area contributed by atoms with Crippen molar-refractivity contribution in [3.63, 3.8) is 0 Å². The van der Waals surface area contributed by atoms with Crippen molar-refractivity contribution in [3.8, 4) is 0 Å². The van der Waals surface area contributed by atoms with Crippen LogP contribution < -0.4 is 0 Å². The molecule has 0 heterocycles. The minimum atomic E-state index is -5.07. The Hall–Kier alpha value is -1.34. The van der Waals surface area contributed by atoms with Crippen LogP contribution in [0.2, 0.25) is 0 Å². The summed E-state index contributed by atoms with van der Waals surface area (Å²) in [7, 11) is 0. The van der Waals surface area contributed by atoms with Gasteiger partial charge >= 0.3 is 11.8 Å². The molecule has 0 aromatic heterocycles. The van der Waals surface area contributed by atoms with Gasteiger partial charge in [-0.2, -0.15) is 17.6 Å². The molecule has 0 N–H and O–H groups in total. The molecule has 1 aliphatic rings. The van der Waals surface area contributed by atoms with Crippen molar-refractivity contribution in [1.29, 1.82) is 0 Å². The van der Waals surface area contributed by atoms with Gasteiger partial charge < -0.3 is 0 Å². The van der Waals surface area contributed by atoms with Crippen molar-refractivity contribution < 1.29 is 35.1 Å². The largest absolute Gasteiger partial charge is 0.338 e. The van der Waals surface area contributed by atoms with Crippen molar-refractivity contribution in [2.24, 2.45) is 0 Å². The maximum atomic E-state index is 13.0. The molecular weight excluding hydrogens is 260 g/mol. The van der Waals surface area contributed by atoms with Crippen LogP contribution in [0.25, 0.3) is 0 Å². The lowest BCUT2D eigenvalue weighted by Crippen LogP contribution is -2.34. The zero-order chi connectivity index (χ0) is 13.2. The third-order valence-corrected chi connectivity index (χ3v) is 2.54. The number of fused-ring (bicyclic) bond motifs is 1. The van der Waals surface area contributed by atoms with Crippen LogP contribution in [0, 0.1) is 23.3 Å². The van der Waals surface area contributed by atoms with Gasteiger partial charge in [-0.15, -0.1) is 0 Å². The first kappa shape index (κ1) is 12.1. The van der Waals surface area contributed by atoms with Gasteiger partial charge in [0.1, 0.15) is 0 Å². The lowest BCUT2D eigenvalue weighted by atomic mass is 10.1. The van der Waals surface area contributed by atoms with Gasteiger partial charge in [-0.1, -0.05) is 0 Å². The van der Waals surface area contributed by atoms with Crippen LogP contribution in [-0.2, 0) is 12.3 Å². The van der Waals surface area contributed by atoms with Crippen LogP contribution in [-0.4, -0.2) is 5.92 Å². The van der Waals surface area contributed by atoms with Gasteiger partial charge in [0.05, 0.1) is 5.56 Å². The minimum absolute atomic E-state index is 1.53. The molecule has 17 heavy (non-hydrogen) atoms. The van der Waals surface area contributed by atoms with Gasteiger partial charge in [-0.05, 0) is 0 Å². The average Bonchev–Trinajstić information content (AvgIpc) is 2.40. The van der Waals surface area contributed by atoms with Crippen molar-refractivity contribution in [2.75, 3.05) is 0 Å². The number of hydrogen-bond donors (Lipinski definition) is 0. The number of rotatable bonds is 0. The lowest BCUT2D eigenvalue weighted by Gasteiger charge is -2.19. The molecule has 1 aromatic rings. The SMILES string of the molecule is Fc1c(F)c(F)c2c(c1F)CC(F)(F)C2(F)F. The molecular formula is C9H2F8. The highest BCUT2D eigenvalue weighted by Gasteiger charge is 2.65. The van der Waals surface area contributed by atoms with E-state index >= 15 is 0 Å². The molecule has 1 aliphatic carbocycles. The van der Waals surface area contributed by atoms with Crippen LogP contribution in [0.3, 0.4) is 0 Å². The van der Waals surface area contributed by atoms with Crippen LogP contribution in [0.5, 0.6) is 0 Å². The summed E-state index contributed by atoms with van der Waals surface area (Å²) in [5, 5.41) is 0. The van der Waals surface area contributed by atoms with Crippen molar-refractivity contribution in [3.05, 3.63) is 34.4 Å². The smallest absolute Gasteiger partial charge is 0.203 e. The first-order valence-corrected chi connectivity index (χ1v) is 4.22. The predicted octanol–water partition coefficient (Wildman–Crippen LogP) is 3.53. The fourth-order valence-electron chi connectivity index (χ4n) is 1.69. The van der Waals surface area contributed by atoms with Crippen molar-refractivity contribution in [2.45, 2.75) is 18.3 Å². The van der Waals surface area contributed by atoms with Gasteiger partial charge in [0, 0.05) is 12.0 Å². The summed E-state index contributed by atoms with van der Waals surface area (Å²) >= 11 is 0. The summed E-state index contributed by atoms with van der Waals surface area (Å²) in [5.41, 5.74) is -3.64. The highest BCUT2D eigenvalue weighted by atomic mass is 19.3. The molecule has 0 radical (unpaired) electrons. The minimum Gasteiger partial charge on any atom is -0.203 e. The van der Waals surface area contributed by atoms with Crippen LogP contribution in [0.4, 0.5) is 35.1 Å². The van der Waals surface area contributed by atoms with E-state index in [4.69, 9.17) is 0 Å². The van der Waals surface area contributed by atoms with E-state index in [0.717, 1.165) is 0 Å². The molecule has 1 aromatic carbocycles. The molecule has 0 bridgehead atoms. The number of alkyl halides is 4. The Balaban J connectivity index is 2.85. The molecule has 0 atom stereocenters. The van der Waals surface area contributed by atoms with Gasteiger partial charge in [0.15, 0.2) is 23.3 Å². The second-order valence-corrected chi connectivity index (χ2v) is 3.57. The zero-order valence-electron chi connectivity index (χ0n) is 7.73. The van der Waals surface area contributed by atoms with E-state index in [-0.39, 0.29) is 0 Å². The van der Waals surface area contributed by atoms with Crippen LogP contribution in [0.15, 0.2) is 0 Å². The second kappa shape index (κ2) is 3.11. The van der Waals surface area contributed by atoms with E-state index < -0.39 is 52.7 Å². The normalized spacial score (nSPS) is 20.5. The Morgan fingerprint density at radius 1 is 0.706 bits per heavy atom. The molecule has 0 aliphatic heterocycles. The zero-order valence-corrected chi connectivity index (χ0v) is 7.73. The Kier molecular flexibility index (Phi) is 2.22. The molecule has 2 rings (SSSR count). The molecule has 0 spiro atoms. The maximum Gasteiger partial charge on any atom is 0.338 e. The third-order valence-electron chi connectivity index (χ3n) is 2.54. The summed E-state index contributed by atoms with van der Waals surface area (Å²) in [6, 6.07) is 0. The first-order chi connectivity index (χ1) is 7.61. The Labute approximate surface area is 88.8 Å². The van der Waals surface area contributed by atoms with Gasteiger partial charge in [0.25, 0.3) is 0 Å². The molecule has 0 saturated heterocycles. The molecule has 0 saturated carbocycles. The van der Waals surface area contributed by atoms with Gasteiger partial charge in [0.2, 0.25) is 0 Å². The Morgan fingerprint density at radius 2 is 1.18 bits per heavy atom. The third kappa shape index (κ3) is 1.29. The second-order valence-electron chi connectivity index (χ2n) is 3.57. The quantitative estimate of drug-likeness (QED) is 0.381. The lowest BCUT2D eigenvalue weighted by molar-refractivity contribution is -0.204. The van der Waals surface area contributed by atoms with Crippen LogP contribution >= 0.6 is 0 Å². The highest BCUT2D eigenvalue weighted by molar-refractivity contribution is 5.42. The predicted molar refractivity (Wildman–Crippen MR) is 38.8 cm³/mol. The summed E-state index contributed by atoms with van der Waals surface area (Å²) in [4.78, 5) is 0. The van der Waals surface area contributed by atoms with E-state index in [1.807, 2.05) is 0 Å². The summed E-state index contributed by atoms with van der Waals surface area (Å²) in [5.74, 6) is -19.5. The fraction of sp³-hybridized carbons (Fsp3) is 0.333. The van der Waals surface area contributed by atoms with E-state index in [0.29, 0.717) is 0 Å². The van der Waals surface area contributed by atoms with Crippen molar-refractivity contribution in [1.82, 2.24) is 0 Å². The number of hydrogen-bond acceptors (Lipinski definition) is 0.